The summed E-state index contributed by atoms with van der Waals surface area (Å²) in [7, 11) is 0. The fourth-order valence-electron chi connectivity index (χ4n) is 3.33. The lowest BCUT2D eigenvalue weighted by Crippen LogP contribution is -2.43. The molecule has 0 radical (unpaired) electrons. The molecule has 1 aromatic carbocycles. The van der Waals surface area contributed by atoms with Crippen molar-refractivity contribution in [3.05, 3.63) is 56.2 Å². The van der Waals surface area contributed by atoms with Crippen LogP contribution in [0, 0.1) is 0 Å². The molecule has 0 atom stereocenters. The molecule has 4 rings (SSSR count). The molecular formula is C19H21BrN2OS. The molecule has 2 aliphatic rings. The predicted octanol–water partition coefficient (Wildman–Crippen LogP) is 4.06. The minimum atomic E-state index is 0.269. The average molecular weight is 405 g/mol. The minimum Gasteiger partial charge on any atom is -0.337 e. The van der Waals surface area contributed by atoms with Crippen molar-refractivity contribution in [1.29, 1.82) is 0 Å². The molecule has 24 heavy (non-hydrogen) atoms. The van der Waals surface area contributed by atoms with Crippen LogP contribution in [0.2, 0.25) is 0 Å². The second kappa shape index (κ2) is 6.98. The van der Waals surface area contributed by atoms with E-state index in [0.29, 0.717) is 12.6 Å². The smallest absolute Gasteiger partial charge is 0.237 e. The summed E-state index contributed by atoms with van der Waals surface area (Å²) >= 11 is 5.45. The number of halogens is 1. The molecule has 1 amide bonds. The van der Waals surface area contributed by atoms with Crippen LogP contribution in [0.1, 0.15) is 28.8 Å². The number of hydrogen-bond donors (Lipinski definition) is 0. The summed E-state index contributed by atoms with van der Waals surface area (Å²) in [6.45, 7) is 3.02. The third-order valence-electron chi connectivity index (χ3n) is 4.89. The highest BCUT2D eigenvalue weighted by atomic mass is 79.9. The number of thiophene rings is 1. The Morgan fingerprint density at radius 1 is 1.29 bits per heavy atom. The van der Waals surface area contributed by atoms with Crippen molar-refractivity contribution in [3.63, 3.8) is 0 Å². The summed E-state index contributed by atoms with van der Waals surface area (Å²) in [6.07, 6.45) is 3.44. The van der Waals surface area contributed by atoms with Gasteiger partial charge in [0.2, 0.25) is 5.91 Å². The summed E-state index contributed by atoms with van der Waals surface area (Å²) in [5, 5.41) is 2.14. The number of carbonyl (C=O) groups excluding carboxylic acids is 1. The normalized spacial score (nSPS) is 17.2. The van der Waals surface area contributed by atoms with E-state index >= 15 is 0 Å². The van der Waals surface area contributed by atoms with Crippen LogP contribution >= 0.6 is 27.3 Å². The first-order valence-electron chi connectivity index (χ1n) is 8.51. The van der Waals surface area contributed by atoms with E-state index in [9.17, 15) is 4.79 Å². The summed E-state index contributed by atoms with van der Waals surface area (Å²) < 4.78 is 1.13. The van der Waals surface area contributed by atoms with Gasteiger partial charge in [-0.05, 0) is 47.9 Å². The van der Waals surface area contributed by atoms with E-state index in [-0.39, 0.29) is 5.91 Å². The lowest BCUT2D eigenvalue weighted by molar-refractivity contribution is -0.133. The monoisotopic (exact) mass is 404 g/mol. The highest BCUT2D eigenvalue weighted by molar-refractivity contribution is 9.10. The first-order chi connectivity index (χ1) is 11.7. The fraction of sp³-hybridized carbons (Fsp3) is 0.421. The molecule has 1 aliphatic carbocycles. The summed E-state index contributed by atoms with van der Waals surface area (Å²) in [6, 6.07) is 11.1. The van der Waals surface area contributed by atoms with Crippen molar-refractivity contribution in [1.82, 2.24) is 9.80 Å². The molecule has 3 nitrogen and oxygen atoms in total. The van der Waals surface area contributed by atoms with Gasteiger partial charge in [0, 0.05) is 35.0 Å². The number of carbonyl (C=O) groups is 1. The highest BCUT2D eigenvalue weighted by Gasteiger charge is 2.32. The van der Waals surface area contributed by atoms with Gasteiger partial charge in [0.15, 0.2) is 0 Å². The fourth-order valence-corrected chi connectivity index (χ4v) is 4.63. The van der Waals surface area contributed by atoms with Crippen LogP contribution in [0.5, 0.6) is 0 Å². The number of nitrogens with zero attached hydrogens (tertiary/aromatic N) is 2. The molecule has 0 unspecified atom stereocenters. The minimum absolute atomic E-state index is 0.269. The lowest BCUT2D eigenvalue weighted by atomic mass is 10.1. The van der Waals surface area contributed by atoms with Gasteiger partial charge in [-0.25, -0.2) is 0 Å². The van der Waals surface area contributed by atoms with Crippen LogP contribution in [0.25, 0.3) is 0 Å². The zero-order chi connectivity index (χ0) is 16.5. The Morgan fingerprint density at radius 3 is 2.92 bits per heavy atom. The first-order valence-corrected chi connectivity index (χ1v) is 10.2. The largest absolute Gasteiger partial charge is 0.337 e. The molecule has 1 saturated carbocycles. The predicted molar refractivity (Wildman–Crippen MR) is 101 cm³/mol. The van der Waals surface area contributed by atoms with Crippen molar-refractivity contribution >= 4 is 33.2 Å². The van der Waals surface area contributed by atoms with Gasteiger partial charge in [-0.15, -0.1) is 11.3 Å². The SMILES string of the molecule is O=C(CN(Cc1ccccc1Br)C1CC1)N1CCc2sccc2C1. The van der Waals surface area contributed by atoms with Crippen LogP contribution in [-0.2, 0) is 24.3 Å². The second-order valence-corrected chi connectivity index (χ2v) is 8.52. The molecule has 0 saturated heterocycles. The molecule has 1 aliphatic heterocycles. The number of benzene rings is 1. The van der Waals surface area contributed by atoms with Crippen molar-refractivity contribution < 1.29 is 4.79 Å². The van der Waals surface area contributed by atoms with E-state index in [1.165, 1.54) is 28.8 Å². The van der Waals surface area contributed by atoms with Crippen LogP contribution in [-0.4, -0.2) is 34.8 Å². The Kier molecular flexibility index (Phi) is 4.74. The molecular weight excluding hydrogens is 384 g/mol. The maximum absolute atomic E-state index is 12.8. The van der Waals surface area contributed by atoms with Gasteiger partial charge in [0.05, 0.1) is 6.54 Å². The van der Waals surface area contributed by atoms with Gasteiger partial charge in [0.25, 0.3) is 0 Å². The van der Waals surface area contributed by atoms with Gasteiger partial charge < -0.3 is 4.90 Å². The van der Waals surface area contributed by atoms with Gasteiger partial charge in [-0.1, -0.05) is 34.1 Å². The van der Waals surface area contributed by atoms with E-state index in [0.717, 1.165) is 30.5 Å². The van der Waals surface area contributed by atoms with Crippen LogP contribution in [0.15, 0.2) is 40.2 Å². The summed E-state index contributed by atoms with van der Waals surface area (Å²) in [4.78, 5) is 18.7. The van der Waals surface area contributed by atoms with Crippen molar-refractivity contribution in [2.45, 2.75) is 38.4 Å². The number of amides is 1. The van der Waals surface area contributed by atoms with Gasteiger partial charge in [-0.2, -0.15) is 0 Å². The number of rotatable bonds is 5. The third-order valence-corrected chi connectivity index (χ3v) is 6.69. The molecule has 0 bridgehead atoms. The maximum atomic E-state index is 12.8. The van der Waals surface area contributed by atoms with E-state index in [1.807, 2.05) is 22.3 Å². The topological polar surface area (TPSA) is 23.6 Å². The average Bonchev–Trinajstić information content (AvgIpc) is 3.33. The summed E-state index contributed by atoms with van der Waals surface area (Å²) in [5.74, 6) is 0.269. The van der Waals surface area contributed by atoms with Gasteiger partial charge in [0.1, 0.15) is 0 Å². The van der Waals surface area contributed by atoms with Crippen molar-refractivity contribution in [2.24, 2.45) is 0 Å². The van der Waals surface area contributed by atoms with Crippen molar-refractivity contribution in [2.75, 3.05) is 13.1 Å². The number of hydrogen-bond acceptors (Lipinski definition) is 3. The molecule has 126 valence electrons. The molecule has 1 fully saturated rings. The molecule has 2 heterocycles. The highest BCUT2D eigenvalue weighted by Crippen LogP contribution is 2.30. The molecule has 0 spiro atoms. The third kappa shape index (κ3) is 3.58. The summed E-state index contributed by atoms with van der Waals surface area (Å²) in [5.41, 5.74) is 2.60. The second-order valence-electron chi connectivity index (χ2n) is 6.66. The van der Waals surface area contributed by atoms with Crippen LogP contribution in [0.4, 0.5) is 0 Å². The molecule has 5 heteroatoms. The zero-order valence-electron chi connectivity index (χ0n) is 13.6. The Morgan fingerprint density at radius 2 is 2.12 bits per heavy atom. The maximum Gasteiger partial charge on any atom is 0.237 e. The first kappa shape index (κ1) is 16.3. The van der Waals surface area contributed by atoms with Gasteiger partial charge >= 0.3 is 0 Å². The van der Waals surface area contributed by atoms with E-state index in [1.54, 1.807) is 0 Å². The van der Waals surface area contributed by atoms with Crippen LogP contribution in [0.3, 0.4) is 0 Å². The Balaban J connectivity index is 1.42. The van der Waals surface area contributed by atoms with Crippen LogP contribution < -0.4 is 0 Å². The Bertz CT molecular complexity index is 740. The molecule has 2 aromatic rings. The van der Waals surface area contributed by atoms with E-state index in [2.05, 4.69) is 50.5 Å². The zero-order valence-corrected chi connectivity index (χ0v) is 16.0. The van der Waals surface area contributed by atoms with E-state index < -0.39 is 0 Å². The standard InChI is InChI=1S/C19H21BrN2OS/c20-17-4-2-1-3-14(17)11-22(16-5-6-16)13-19(23)21-9-7-18-15(12-21)8-10-24-18/h1-4,8,10,16H,5-7,9,11-13H2. The lowest BCUT2D eigenvalue weighted by Gasteiger charge is -2.30. The Labute approximate surface area is 155 Å². The Hall–Kier alpha value is -1.17. The quantitative estimate of drug-likeness (QED) is 0.749. The van der Waals surface area contributed by atoms with Gasteiger partial charge in [-0.3, -0.25) is 9.69 Å². The molecule has 0 N–H and O–H groups in total. The molecule has 1 aromatic heterocycles. The number of fused-ring (bicyclic) bond motifs is 1. The van der Waals surface area contributed by atoms with Crippen molar-refractivity contribution in [3.8, 4) is 0 Å². The van der Waals surface area contributed by atoms with E-state index in [4.69, 9.17) is 0 Å².